The van der Waals surface area contributed by atoms with Crippen molar-refractivity contribution in [2.45, 2.75) is 9.79 Å². The van der Waals surface area contributed by atoms with Gasteiger partial charge in [-0.3, -0.25) is 9.59 Å². The number of nitrogens with one attached hydrogen (secondary N) is 1. The zero-order valence-electron chi connectivity index (χ0n) is 14.4. The SMILES string of the molecule is O=C(O)CNC(=O)c1nc2ccc(S(=O)(=O)c3cc(Cl)ccc3Cl)cc2cc1O. The number of amides is 1. The molecule has 1 heterocycles. The smallest absolute Gasteiger partial charge is 0.322 e. The number of aliphatic carboxylic acids is 1. The number of carboxylic acid groups (broad SMARTS) is 1. The van der Waals surface area contributed by atoms with E-state index in [0.717, 1.165) is 6.07 Å². The summed E-state index contributed by atoms with van der Waals surface area (Å²) in [7, 11) is -4.01. The van der Waals surface area contributed by atoms with E-state index in [4.69, 9.17) is 28.3 Å². The predicted molar refractivity (Wildman–Crippen MR) is 105 cm³/mol. The van der Waals surface area contributed by atoms with E-state index in [9.17, 15) is 23.1 Å². The second kappa shape index (κ2) is 7.86. The van der Waals surface area contributed by atoms with Gasteiger partial charge in [0.2, 0.25) is 9.84 Å². The lowest BCUT2D eigenvalue weighted by molar-refractivity contribution is -0.135. The molecule has 0 saturated carbocycles. The first-order valence-corrected chi connectivity index (χ1v) is 10.2. The molecule has 150 valence electrons. The molecule has 0 fully saturated rings. The highest BCUT2D eigenvalue weighted by molar-refractivity contribution is 7.91. The first-order chi connectivity index (χ1) is 13.6. The van der Waals surface area contributed by atoms with Gasteiger partial charge in [-0.25, -0.2) is 13.4 Å². The van der Waals surface area contributed by atoms with E-state index < -0.39 is 34.0 Å². The average molecular weight is 455 g/mol. The first-order valence-electron chi connectivity index (χ1n) is 7.93. The Bertz CT molecular complexity index is 1260. The van der Waals surface area contributed by atoms with Crippen molar-refractivity contribution in [1.29, 1.82) is 0 Å². The Labute approximate surface area is 174 Å². The molecule has 29 heavy (non-hydrogen) atoms. The van der Waals surface area contributed by atoms with Gasteiger partial charge in [0.25, 0.3) is 5.91 Å². The number of rotatable bonds is 5. The molecule has 0 aliphatic heterocycles. The minimum atomic E-state index is -4.01. The molecule has 3 aromatic rings. The van der Waals surface area contributed by atoms with Crippen LogP contribution in [0.5, 0.6) is 5.75 Å². The summed E-state index contributed by atoms with van der Waals surface area (Å²) in [5, 5.41) is 21.2. The number of carboxylic acids is 1. The number of carbonyl (C=O) groups excluding carboxylic acids is 1. The van der Waals surface area contributed by atoms with Gasteiger partial charge in [0, 0.05) is 10.4 Å². The minimum Gasteiger partial charge on any atom is -0.505 e. The number of halogens is 2. The summed E-state index contributed by atoms with van der Waals surface area (Å²) >= 11 is 11.9. The molecule has 1 amide bonds. The van der Waals surface area contributed by atoms with E-state index in [2.05, 4.69) is 10.3 Å². The summed E-state index contributed by atoms with van der Waals surface area (Å²) in [6.07, 6.45) is 0. The van der Waals surface area contributed by atoms with Gasteiger partial charge in [0.1, 0.15) is 12.3 Å². The Hall–Kier alpha value is -2.88. The molecule has 1 aromatic heterocycles. The van der Waals surface area contributed by atoms with E-state index >= 15 is 0 Å². The molecule has 11 heteroatoms. The summed E-state index contributed by atoms with van der Waals surface area (Å²) in [5.74, 6) is -2.67. The molecule has 0 spiro atoms. The maximum Gasteiger partial charge on any atom is 0.322 e. The lowest BCUT2D eigenvalue weighted by Crippen LogP contribution is -2.29. The number of pyridine rings is 1. The topological polar surface area (TPSA) is 134 Å². The van der Waals surface area contributed by atoms with Crippen molar-refractivity contribution in [2.24, 2.45) is 0 Å². The molecule has 0 atom stereocenters. The van der Waals surface area contributed by atoms with Crippen LogP contribution in [0.3, 0.4) is 0 Å². The number of sulfone groups is 1. The number of carbonyl (C=O) groups is 2. The van der Waals surface area contributed by atoms with Crippen LogP contribution in [0.4, 0.5) is 0 Å². The van der Waals surface area contributed by atoms with E-state index in [0.29, 0.717) is 0 Å². The number of fused-ring (bicyclic) bond motifs is 1. The minimum absolute atomic E-state index is 0.000851. The average Bonchev–Trinajstić information content (AvgIpc) is 2.66. The Balaban J connectivity index is 2.05. The second-order valence-electron chi connectivity index (χ2n) is 5.87. The van der Waals surface area contributed by atoms with Crippen molar-refractivity contribution in [3.05, 3.63) is 58.2 Å². The number of hydrogen-bond donors (Lipinski definition) is 3. The van der Waals surface area contributed by atoms with Gasteiger partial charge >= 0.3 is 5.97 Å². The molecule has 0 unspecified atom stereocenters. The van der Waals surface area contributed by atoms with Crippen molar-refractivity contribution in [2.75, 3.05) is 6.54 Å². The highest BCUT2D eigenvalue weighted by Gasteiger charge is 2.23. The van der Waals surface area contributed by atoms with Crippen molar-refractivity contribution in [3.63, 3.8) is 0 Å². The van der Waals surface area contributed by atoms with Crippen LogP contribution in [0.2, 0.25) is 10.0 Å². The number of hydrogen-bond acceptors (Lipinski definition) is 6. The van der Waals surface area contributed by atoms with E-state index in [1.165, 1.54) is 36.4 Å². The first kappa shape index (κ1) is 20.8. The number of nitrogens with zero attached hydrogens (tertiary/aromatic N) is 1. The second-order valence-corrected chi connectivity index (χ2v) is 8.63. The molecule has 8 nitrogen and oxygen atoms in total. The number of benzene rings is 2. The van der Waals surface area contributed by atoms with E-state index in [1.807, 2.05) is 0 Å². The van der Waals surface area contributed by atoms with Crippen molar-refractivity contribution < 1.29 is 28.2 Å². The lowest BCUT2D eigenvalue weighted by Gasteiger charge is -2.10. The van der Waals surface area contributed by atoms with Gasteiger partial charge in [0.05, 0.1) is 20.3 Å². The van der Waals surface area contributed by atoms with Gasteiger partial charge in [-0.05, 0) is 42.5 Å². The van der Waals surface area contributed by atoms with Gasteiger partial charge in [-0.1, -0.05) is 23.2 Å². The molecule has 3 rings (SSSR count). The fraction of sp³-hybridized carbons (Fsp3) is 0.0556. The van der Waals surface area contributed by atoms with Gasteiger partial charge in [0.15, 0.2) is 5.69 Å². The fourth-order valence-electron chi connectivity index (χ4n) is 2.53. The monoisotopic (exact) mass is 454 g/mol. The summed E-state index contributed by atoms with van der Waals surface area (Å²) in [4.78, 5) is 26.2. The molecule has 0 aliphatic carbocycles. The van der Waals surface area contributed by atoms with Crippen LogP contribution < -0.4 is 5.32 Å². The Morgan fingerprint density at radius 1 is 1.07 bits per heavy atom. The van der Waals surface area contributed by atoms with Crippen LogP contribution in [0, 0.1) is 0 Å². The Kier molecular flexibility index (Phi) is 5.65. The molecular weight excluding hydrogens is 443 g/mol. The summed E-state index contributed by atoms with van der Waals surface area (Å²) in [6.45, 7) is -0.643. The quantitative estimate of drug-likeness (QED) is 0.539. The predicted octanol–water partition coefficient (Wildman–Crippen LogP) is 2.89. The highest BCUT2D eigenvalue weighted by Crippen LogP contribution is 2.32. The summed E-state index contributed by atoms with van der Waals surface area (Å²) in [5.41, 5.74) is -0.161. The molecular formula is C18H12Cl2N2O6S. The van der Waals surface area contributed by atoms with Gasteiger partial charge < -0.3 is 15.5 Å². The molecule has 0 bridgehead atoms. The third kappa shape index (κ3) is 4.26. The van der Waals surface area contributed by atoms with E-state index in [1.54, 1.807) is 0 Å². The maximum atomic E-state index is 12.9. The third-order valence-electron chi connectivity index (χ3n) is 3.87. The zero-order chi connectivity index (χ0) is 21.3. The van der Waals surface area contributed by atoms with Crippen LogP contribution in [0.25, 0.3) is 10.9 Å². The molecule has 0 saturated heterocycles. The van der Waals surface area contributed by atoms with Crippen LogP contribution in [-0.4, -0.2) is 42.0 Å². The van der Waals surface area contributed by atoms with Crippen LogP contribution in [-0.2, 0) is 14.6 Å². The van der Waals surface area contributed by atoms with Crippen molar-refractivity contribution in [1.82, 2.24) is 10.3 Å². The molecule has 0 aliphatic rings. The summed E-state index contributed by atoms with van der Waals surface area (Å²) in [6, 6.07) is 9.13. The third-order valence-corrected chi connectivity index (χ3v) is 6.34. The van der Waals surface area contributed by atoms with Crippen LogP contribution in [0.1, 0.15) is 10.5 Å². The standard InChI is InChI=1S/C18H12Cl2N2O6S/c19-10-1-3-12(20)15(7-10)29(27,28)11-2-4-13-9(5-11)6-14(23)17(22-13)18(26)21-8-16(24)25/h1-7,23H,8H2,(H,21,26)(H,24,25). The van der Waals surface area contributed by atoms with E-state index in [-0.39, 0.29) is 36.4 Å². The largest absolute Gasteiger partial charge is 0.505 e. The van der Waals surface area contributed by atoms with Gasteiger partial charge in [-0.2, -0.15) is 0 Å². The van der Waals surface area contributed by atoms with Crippen LogP contribution in [0.15, 0.2) is 52.3 Å². The maximum absolute atomic E-state index is 12.9. The van der Waals surface area contributed by atoms with Crippen molar-refractivity contribution in [3.8, 4) is 5.75 Å². The Morgan fingerprint density at radius 2 is 1.79 bits per heavy atom. The lowest BCUT2D eigenvalue weighted by atomic mass is 10.2. The van der Waals surface area contributed by atoms with Crippen LogP contribution >= 0.6 is 23.2 Å². The molecule has 3 N–H and O–H groups in total. The van der Waals surface area contributed by atoms with Crippen molar-refractivity contribution >= 4 is 55.8 Å². The molecule has 2 aromatic carbocycles. The fourth-order valence-corrected chi connectivity index (χ4v) is 4.58. The number of aromatic hydroxyl groups is 1. The summed E-state index contributed by atoms with van der Waals surface area (Å²) < 4.78 is 25.8. The normalized spacial score (nSPS) is 11.4. The zero-order valence-corrected chi connectivity index (χ0v) is 16.7. The highest BCUT2D eigenvalue weighted by atomic mass is 35.5. The van der Waals surface area contributed by atoms with Gasteiger partial charge in [-0.15, -0.1) is 0 Å². The Morgan fingerprint density at radius 3 is 2.48 bits per heavy atom. The molecule has 0 radical (unpaired) electrons. The number of aromatic nitrogens is 1.